The summed E-state index contributed by atoms with van der Waals surface area (Å²) < 4.78 is 14.6. The van der Waals surface area contributed by atoms with Gasteiger partial charge in [-0.1, -0.05) is 42.3 Å². The van der Waals surface area contributed by atoms with E-state index in [9.17, 15) is 9.18 Å². The van der Waals surface area contributed by atoms with E-state index in [1.165, 1.54) is 54.7 Å². The topological polar surface area (TPSA) is 50.2 Å². The Hall–Kier alpha value is -2.70. The number of hydrogen-bond donors (Lipinski definition) is 1. The minimum Gasteiger partial charge on any atom is -0.348 e. The number of carbonyl (C=O) groups excluding carboxylic acids is 1. The van der Waals surface area contributed by atoms with Crippen molar-refractivity contribution in [1.82, 2.24) is 20.0 Å². The summed E-state index contributed by atoms with van der Waals surface area (Å²) in [6.45, 7) is 5.45. The van der Waals surface area contributed by atoms with E-state index in [2.05, 4.69) is 39.6 Å². The van der Waals surface area contributed by atoms with Crippen molar-refractivity contribution in [3.63, 3.8) is 0 Å². The lowest BCUT2D eigenvalue weighted by Gasteiger charge is -2.26. The van der Waals surface area contributed by atoms with Crippen LogP contribution in [0.15, 0.2) is 48.5 Å². The monoisotopic (exact) mass is 440 g/mol. The number of rotatable bonds is 6. The molecule has 0 saturated carbocycles. The summed E-state index contributed by atoms with van der Waals surface area (Å²) in [5.74, 6) is -0.628. The fraction of sp³-hybridized carbons (Fsp3) is 0.333. The molecule has 0 unspecified atom stereocenters. The minimum absolute atomic E-state index is 0.207. The Morgan fingerprint density at radius 2 is 1.68 bits per heavy atom. The zero-order valence-corrected chi connectivity index (χ0v) is 18.3. The summed E-state index contributed by atoms with van der Waals surface area (Å²) in [6, 6.07) is 14.2. The van der Waals surface area contributed by atoms with E-state index >= 15 is 0 Å². The maximum Gasteiger partial charge on any atom is 0.256 e. The van der Waals surface area contributed by atoms with Crippen LogP contribution in [-0.2, 0) is 13.1 Å². The first-order valence-electron chi connectivity index (χ1n) is 10.6. The molecule has 0 atom stereocenters. The number of piperidine rings is 1. The first kappa shape index (κ1) is 21.5. The van der Waals surface area contributed by atoms with E-state index in [1.54, 1.807) is 19.1 Å². The molecule has 7 heteroatoms. The quantitative estimate of drug-likeness (QED) is 0.593. The summed E-state index contributed by atoms with van der Waals surface area (Å²) in [6.07, 6.45) is 3.90. The van der Waals surface area contributed by atoms with Crippen LogP contribution in [0.4, 0.5) is 4.39 Å². The van der Waals surface area contributed by atoms with Gasteiger partial charge in [-0.2, -0.15) is 5.10 Å². The molecule has 1 fully saturated rings. The molecule has 1 aromatic heterocycles. The predicted molar refractivity (Wildman–Crippen MR) is 120 cm³/mol. The van der Waals surface area contributed by atoms with Gasteiger partial charge in [-0.25, -0.2) is 9.07 Å². The molecule has 0 radical (unpaired) electrons. The molecule has 31 heavy (non-hydrogen) atoms. The predicted octanol–water partition coefficient (Wildman–Crippen LogP) is 4.89. The Kier molecular flexibility index (Phi) is 6.68. The molecule has 5 nitrogen and oxygen atoms in total. The summed E-state index contributed by atoms with van der Waals surface area (Å²) in [4.78, 5) is 15.3. The van der Waals surface area contributed by atoms with Crippen LogP contribution in [-0.4, -0.2) is 33.7 Å². The van der Waals surface area contributed by atoms with Crippen LogP contribution in [0.25, 0.3) is 5.69 Å². The van der Waals surface area contributed by atoms with Crippen LogP contribution in [0.2, 0.25) is 5.15 Å². The van der Waals surface area contributed by atoms with E-state index in [0.29, 0.717) is 23.5 Å². The maximum absolute atomic E-state index is 13.2. The lowest BCUT2D eigenvalue weighted by atomic mass is 10.1. The number of benzene rings is 2. The largest absolute Gasteiger partial charge is 0.348 e. The highest BCUT2D eigenvalue weighted by Gasteiger charge is 2.21. The molecule has 1 N–H and O–H groups in total. The number of amides is 1. The highest BCUT2D eigenvalue weighted by atomic mass is 35.5. The molecule has 0 aliphatic carbocycles. The van der Waals surface area contributed by atoms with Crippen molar-refractivity contribution in [2.24, 2.45) is 0 Å². The molecule has 0 spiro atoms. The summed E-state index contributed by atoms with van der Waals surface area (Å²) >= 11 is 6.44. The molecule has 4 rings (SSSR count). The molecule has 2 heterocycles. The SMILES string of the molecule is Cc1nn(-c2ccc(F)cc2)c(Cl)c1C(=O)NCc1ccc(CN2CCCCC2)cc1. The molecule has 0 bridgehead atoms. The van der Waals surface area contributed by atoms with Gasteiger partial charge in [-0.3, -0.25) is 9.69 Å². The van der Waals surface area contributed by atoms with Gasteiger partial charge in [0.1, 0.15) is 11.0 Å². The zero-order chi connectivity index (χ0) is 21.8. The van der Waals surface area contributed by atoms with E-state index in [-0.39, 0.29) is 16.9 Å². The number of nitrogens with one attached hydrogen (secondary N) is 1. The van der Waals surface area contributed by atoms with Crippen molar-refractivity contribution in [3.8, 4) is 5.69 Å². The molecule has 3 aromatic rings. The Labute approximate surface area is 186 Å². The number of hydrogen-bond acceptors (Lipinski definition) is 3. The smallest absolute Gasteiger partial charge is 0.256 e. The first-order chi connectivity index (χ1) is 15.0. The fourth-order valence-electron chi connectivity index (χ4n) is 3.92. The van der Waals surface area contributed by atoms with Crippen molar-refractivity contribution < 1.29 is 9.18 Å². The van der Waals surface area contributed by atoms with Crippen LogP contribution in [0.1, 0.15) is 46.4 Å². The van der Waals surface area contributed by atoms with Crippen molar-refractivity contribution in [2.75, 3.05) is 13.1 Å². The Balaban J connectivity index is 1.39. The third-order valence-corrected chi connectivity index (χ3v) is 5.98. The Bertz CT molecular complexity index is 1040. The van der Waals surface area contributed by atoms with Gasteiger partial charge in [0.15, 0.2) is 0 Å². The zero-order valence-electron chi connectivity index (χ0n) is 17.6. The normalized spacial score (nSPS) is 14.5. The molecule has 1 saturated heterocycles. The molecule has 162 valence electrons. The van der Waals surface area contributed by atoms with Crippen LogP contribution in [0, 0.1) is 12.7 Å². The summed E-state index contributed by atoms with van der Waals surface area (Å²) in [5, 5.41) is 7.48. The second-order valence-corrected chi connectivity index (χ2v) is 8.33. The van der Waals surface area contributed by atoms with Gasteiger partial charge in [-0.05, 0) is 68.2 Å². The van der Waals surface area contributed by atoms with Crippen molar-refractivity contribution in [2.45, 2.75) is 39.3 Å². The van der Waals surface area contributed by atoms with E-state index < -0.39 is 0 Å². The number of likely N-dealkylation sites (tertiary alicyclic amines) is 1. The van der Waals surface area contributed by atoms with Crippen LogP contribution >= 0.6 is 11.6 Å². The molecular weight excluding hydrogens is 415 g/mol. The number of nitrogens with zero attached hydrogens (tertiary/aromatic N) is 3. The van der Waals surface area contributed by atoms with Crippen LogP contribution < -0.4 is 5.32 Å². The Morgan fingerprint density at radius 3 is 2.35 bits per heavy atom. The van der Waals surface area contributed by atoms with Gasteiger partial charge in [-0.15, -0.1) is 0 Å². The molecule has 1 aliphatic rings. The second kappa shape index (κ2) is 9.62. The van der Waals surface area contributed by atoms with Crippen molar-refractivity contribution in [1.29, 1.82) is 0 Å². The minimum atomic E-state index is -0.344. The van der Waals surface area contributed by atoms with Crippen molar-refractivity contribution >= 4 is 17.5 Å². The highest BCUT2D eigenvalue weighted by molar-refractivity contribution is 6.33. The van der Waals surface area contributed by atoms with Crippen LogP contribution in [0.3, 0.4) is 0 Å². The van der Waals surface area contributed by atoms with E-state index in [0.717, 1.165) is 12.1 Å². The lowest BCUT2D eigenvalue weighted by molar-refractivity contribution is 0.0950. The highest BCUT2D eigenvalue weighted by Crippen LogP contribution is 2.24. The average Bonchev–Trinajstić information content (AvgIpc) is 3.08. The molecule has 1 amide bonds. The Morgan fingerprint density at radius 1 is 1.03 bits per heavy atom. The van der Waals surface area contributed by atoms with Gasteiger partial charge >= 0.3 is 0 Å². The van der Waals surface area contributed by atoms with Gasteiger partial charge < -0.3 is 5.32 Å². The van der Waals surface area contributed by atoms with Gasteiger partial charge in [0, 0.05) is 13.1 Å². The fourth-order valence-corrected chi connectivity index (χ4v) is 4.28. The third kappa shape index (κ3) is 5.14. The maximum atomic E-state index is 13.2. The number of aryl methyl sites for hydroxylation is 1. The molecule has 2 aromatic carbocycles. The lowest BCUT2D eigenvalue weighted by Crippen LogP contribution is -2.29. The second-order valence-electron chi connectivity index (χ2n) is 7.98. The van der Waals surface area contributed by atoms with E-state index in [4.69, 9.17) is 11.6 Å². The van der Waals surface area contributed by atoms with E-state index in [1.807, 2.05) is 0 Å². The third-order valence-electron chi connectivity index (χ3n) is 5.63. The number of aromatic nitrogens is 2. The molecule has 1 aliphatic heterocycles. The first-order valence-corrected chi connectivity index (χ1v) is 11.0. The summed E-state index contributed by atoms with van der Waals surface area (Å²) in [5.41, 5.74) is 3.75. The van der Waals surface area contributed by atoms with Crippen LogP contribution in [0.5, 0.6) is 0 Å². The number of carbonyl (C=O) groups is 1. The average molecular weight is 441 g/mol. The van der Waals surface area contributed by atoms with Gasteiger partial charge in [0.2, 0.25) is 0 Å². The van der Waals surface area contributed by atoms with Gasteiger partial charge in [0.05, 0.1) is 16.9 Å². The number of halogens is 2. The standard InChI is InChI=1S/C24H26ClFN4O/c1-17-22(23(25)30(28-17)21-11-9-20(26)10-12-21)24(31)27-15-18-5-7-19(8-6-18)16-29-13-3-2-4-14-29/h5-12H,2-4,13-16H2,1H3,(H,27,31). The van der Waals surface area contributed by atoms with Gasteiger partial charge in [0.25, 0.3) is 5.91 Å². The molecular formula is C24H26ClFN4O. The van der Waals surface area contributed by atoms with Crippen molar-refractivity contribution in [3.05, 3.63) is 81.9 Å². The summed E-state index contributed by atoms with van der Waals surface area (Å²) in [7, 11) is 0.